The molecule has 0 atom stereocenters. The first-order valence-corrected chi connectivity index (χ1v) is 22.8. The topological polar surface area (TPSA) is 305 Å². The van der Waals surface area contributed by atoms with E-state index in [0.29, 0.717) is 25.1 Å². The Kier molecular flexibility index (Phi) is 33.4. The molecule has 0 aromatic heterocycles. The SMILES string of the molecule is Cc1cc(Cl)cc([N+](=O)[O-])c1.Cc1cc(Cl)cc([N+](=O)[O-])c1.Cc1cc(N)cc(Cl)c1.Cc1cc(O)cc(Cl)c1.Cc1cc([N+](=O)[O-])ccc1Cl.Cc1ccc(Cl)c([N+](=O)[O-])c1.Cc1cccc([N+](=O)[O-])c1.Cl.[NH2+]=O. The molecule has 0 unspecified atom stereocenters. The average Bonchev–Trinajstić information content (AvgIpc) is 3.28. The number of nitro benzene ring substituents is 5. The minimum absolute atomic E-state index is 0. The Morgan fingerprint density at radius 2 is 0.773 bits per heavy atom. The van der Waals surface area contributed by atoms with Crippen LogP contribution in [0.1, 0.15) is 38.9 Å². The molecule has 0 spiro atoms. The van der Waals surface area contributed by atoms with Crippen LogP contribution < -0.4 is 11.3 Å². The van der Waals surface area contributed by atoms with E-state index >= 15 is 0 Å². The van der Waals surface area contributed by atoms with Gasteiger partial charge in [-0.15, -0.1) is 12.4 Å². The predicted octanol–water partition coefficient (Wildman–Crippen LogP) is 15.6. The summed E-state index contributed by atoms with van der Waals surface area (Å²) in [6, 6.07) is 35.0. The zero-order valence-corrected chi connectivity index (χ0v) is 46.1. The van der Waals surface area contributed by atoms with Gasteiger partial charge in [0.05, 0.1) is 24.6 Å². The van der Waals surface area contributed by atoms with E-state index in [-0.39, 0.29) is 51.6 Å². The van der Waals surface area contributed by atoms with Crippen LogP contribution in [0.5, 0.6) is 5.75 Å². The van der Waals surface area contributed by atoms with Crippen molar-refractivity contribution in [1.82, 2.24) is 0 Å². The third-order valence-corrected chi connectivity index (χ3v) is 10.0. The third-order valence-electron chi connectivity index (χ3n) is 8.43. The fraction of sp³-hybridized carbons (Fsp3) is 0.143. The summed E-state index contributed by atoms with van der Waals surface area (Å²) in [5.41, 5.74) is 15.8. The number of hydrogen-bond acceptors (Lipinski definition) is 13. The van der Waals surface area contributed by atoms with E-state index in [1.54, 1.807) is 76.2 Å². The van der Waals surface area contributed by atoms with Crippen molar-refractivity contribution in [3.05, 3.63) is 258 Å². The molecule has 0 aliphatic heterocycles. The molecule has 0 aliphatic rings. The van der Waals surface area contributed by atoms with Crippen LogP contribution in [0, 0.1) is 104 Å². The molecule has 0 saturated heterocycles. The van der Waals surface area contributed by atoms with E-state index in [9.17, 15) is 50.6 Å². The van der Waals surface area contributed by atoms with Crippen LogP contribution in [0.4, 0.5) is 34.1 Å². The van der Waals surface area contributed by atoms with Crippen LogP contribution in [0.25, 0.3) is 0 Å². The number of rotatable bonds is 5. The number of hydrogen-bond donors (Lipinski definition) is 3. The molecule has 7 rings (SSSR count). The highest BCUT2D eigenvalue weighted by Gasteiger charge is 2.11. The minimum atomic E-state index is -0.491. The fourth-order valence-corrected chi connectivity index (χ4v) is 6.83. The molecule has 19 nitrogen and oxygen atoms in total. The molecule has 0 saturated carbocycles. The van der Waals surface area contributed by atoms with Gasteiger partial charge in [0, 0.05) is 90.3 Å². The Bertz CT molecular complexity index is 2790. The van der Waals surface area contributed by atoms with Crippen molar-refractivity contribution in [2.75, 3.05) is 5.73 Å². The highest BCUT2D eigenvalue weighted by atomic mass is 35.5. The molecule has 26 heteroatoms. The molecule has 400 valence electrons. The summed E-state index contributed by atoms with van der Waals surface area (Å²) in [5, 5.41) is 62.9. The van der Waals surface area contributed by atoms with Crippen molar-refractivity contribution in [1.29, 1.82) is 0 Å². The number of benzene rings is 7. The number of aryl methyl sites for hydroxylation is 7. The summed E-state index contributed by atoms with van der Waals surface area (Å²) in [7, 11) is 0. The van der Waals surface area contributed by atoms with Gasteiger partial charge in [0.2, 0.25) is 0 Å². The van der Waals surface area contributed by atoms with E-state index in [1.165, 1.54) is 66.7 Å². The summed E-state index contributed by atoms with van der Waals surface area (Å²) in [6.07, 6.45) is 0. The summed E-state index contributed by atoms with van der Waals surface area (Å²) in [6.45, 7) is 12.7. The van der Waals surface area contributed by atoms with Gasteiger partial charge in [-0.1, -0.05) is 87.8 Å². The molecule has 0 aliphatic carbocycles. The van der Waals surface area contributed by atoms with Gasteiger partial charge in [0.15, 0.2) is 0 Å². The number of aromatic hydroxyl groups is 1. The van der Waals surface area contributed by atoms with Gasteiger partial charge in [-0.25, -0.2) is 0 Å². The van der Waals surface area contributed by atoms with Crippen molar-refractivity contribution in [3.63, 3.8) is 0 Å². The molecule has 7 aromatic rings. The minimum Gasteiger partial charge on any atom is -0.508 e. The molecule has 0 amide bonds. The first kappa shape index (κ1) is 69.8. The Balaban J connectivity index is 0. The molecule has 0 radical (unpaired) electrons. The van der Waals surface area contributed by atoms with Gasteiger partial charge in [-0.2, -0.15) is 0 Å². The number of anilines is 1. The number of phenols is 1. The number of phenolic OH excluding ortho intramolecular Hbond substituents is 1. The second kappa shape index (κ2) is 35.8. The van der Waals surface area contributed by atoms with Gasteiger partial charge in [0.25, 0.3) is 28.4 Å². The second-order valence-corrected chi connectivity index (χ2v) is 17.6. The molecular weight excluding hydrogens is 1130 g/mol. The molecule has 0 heterocycles. The molecule has 75 heavy (non-hydrogen) atoms. The Morgan fingerprint density at radius 3 is 1.11 bits per heavy atom. The summed E-state index contributed by atoms with van der Waals surface area (Å²) >= 11 is 33.7. The lowest BCUT2D eigenvalue weighted by Crippen LogP contribution is -2.18. The van der Waals surface area contributed by atoms with E-state index in [0.717, 1.165) is 44.6 Å². The predicted molar refractivity (Wildman–Crippen MR) is 300 cm³/mol. The summed E-state index contributed by atoms with van der Waals surface area (Å²) < 4.78 is 0. The molecule has 7 aromatic carbocycles. The van der Waals surface area contributed by atoms with Crippen LogP contribution in [0.3, 0.4) is 0 Å². The van der Waals surface area contributed by atoms with Gasteiger partial charge in [-0.3, -0.25) is 50.6 Å². The van der Waals surface area contributed by atoms with Crippen molar-refractivity contribution in [3.8, 4) is 5.75 Å². The zero-order chi connectivity index (χ0) is 57.0. The number of nitrogens with zero attached hydrogens (tertiary/aromatic N) is 5. The average molecular weight is 1180 g/mol. The van der Waals surface area contributed by atoms with Gasteiger partial charge in [-0.05, 0) is 154 Å². The quantitative estimate of drug-likeness (QED) is 0.0821. The molecule has 0 bridgehead atoms. The second-order valence-electron chi connectivity index (χ2n) is 15.0. The zero-order valence-electron chi connectivity index (χ0n) is 40.7. The van der Waals surface area contributed by atoms with E-state index < -0.39 is 24.6 Å². The highest BCUT2D eigenvalue weighted by molar-refractivity contribution is 6.33. The van der Waals surface area contributed by atoms with Gasteiger partial charge < -0.3 is 10.8 Å². The van der Waals surface area contributed by atoms with Crippen LogP contribution >= 0.6 is 82.0 Å². The third kappa shape index (κ3) is 29.9. The van der Waals surface area contributed by atoms with Crippen LogP contribution in [-0.4, -0.2) is 29.7 Å². The number of halogens is 7. The number of nitro groups is 5. The van der Waals surface area contributed by atoms with Gasteiger partial charge in [0.1, 0.15) is 10.8 Å². The Hall–Kier alpha value is -7.23. The molecule has 0 fully saturated rings. The smallest absolute Gasteiger partial charge is 0.288 e. The number of nitroso groups, excluding NO2 is 1. The maximum absolute atomic E-state index is 10.3. The first-order chi connectivity index (χ1) is 34.5. The Labute approximate surface area is 466 Å². The first-order valence-electron chi connectivity index (χ1n) is 20.6. The number of nitrogen functional groups attached to an aromatic ring is 1. The number of non-ortho nitro benzene ring substituents is 4. The van der Waals surface area contributed by atoms with Crippen LogP contribution in [-0.2, 0) is 0 Å². The van der Waals surface area contributed by atoms with E-state index in [4.69, 9.17) is 85.4 Å². The van der Waals surface area contributed by atoms with E-state index in [1.807, 2.05) is 39.0 Å². The van der Waals surface area contributed by atoms with Crippen molar-refractivity contribution in [2.24, 2.45) is 0 Å². The lowest BCUT2D eigenvalue weighted by atomic mass is 10.2. The maximum Gasteiger partial charge on any atom is 0.288 e. The van der Waals surface area contributed by atoms with Crippen LogP contribution in [0.15, 0.2) is 133 Å². The Morgan fingerprint density at radius 1 is 0.400 bits per heavy atom. The lowest BCUT2D eigenvalue weighted by Gasteiger charge is -1.95. The normalized spacial score (nSPS) is 9.24. The van der Waals surface area contributed by atoms with Crippen molar-refractivity contribution >= 4 is 116 Å². The highest BCUT2D eigenvalue weighted by Crippen LogP contribution is 2.25. The van der Waals surface area contributed by atoms with Crippen molar-refractivity contribution in [2.45, 2.75) is 48.5 Å². The van der Waals surface area contributed by atoms with Crippen LogP contribution in [0.2, 0.25) is 30.1 Å². The monoisotopic (exact) mass is 1170 g/mol. The van der Waals surface area contributed by atoms with E-state index in [2.05, 4.69) is 5.59 Å². The molecular formula is C49H49Cl7N7O12+. The summed E-state index contributed by atoms with van der Waals surface area (Å²) in [4.78, 5) is 56.7. The van der Waals surface area contributed by atoms with Gasteiger partial charge >= 0.3 is 0 Å². The fourth-order valence-electron chi connectivity index (χ4n) is 5.37. The largest absolute Gasteiger partial charge is 0.508 e. The summed E-state index contributed by atoms with van der Waals surface area (Å²) in [5.74, 6) is 0.222. The van der Waals surface area contributed by atoms with Crippen molar-refractivity contribution < 1.29 is 35.3 Å². The lowest BCUT2D eigenvalue weighted by molar-refractivity contribution is -0.385. The maximum atomic E-state index is 10.3. The molecule has 5 N–H and O–H groups in total. The number of nitrogens with two attached hydrogens (primary N) is 2. The standard InChI is InChI=1S/4C7H6ClNO2.C7H8ClN.C7H7ClO.C7H7NO2.ClH.H2NO/c2*1-5-2-6(8)4-7(3-5)9(10)11;1-5-4-6(9(10)11)2-3-7(5)8;1-5-2-3-6(8)7(4-5)9(10)11;2*1-5-2-6(8)4-7(9)3-5;1-6-3-2-4-7(5-6)8(9)10;;1-2/h4*2-4H,1H3;2-4H,9H2,1H3;2-4,9H,1H3;2-5H,1H3;1H;1H2/q;;;;;;;;+1.